The average Bonchev–Trinajstić information content (AvgIpc) is 3.20. The molecule has 0 aromatic heterocycles. The number of unbranched alkanes of at least 4 members (excludes halogenated alkanes) is 1. The lowest BCUT2D eigenvalue weighted by atomic mass is 9.76. The van der Waals surface area contributed by atoms with Gasteiger partial charge in [-0.1, -0.05) is 20.3 Å². The summed E-state index contributed by atoms with van der Waals surface area (Å²) in [7, 11) is 0. The first-order valence-corrected chi connectivity index (χ1v) is 7.74. The minimum atomic E-state index is 0.627. The van der Waals surface area contributed by atoms with Gasteiger partial charge in [0.25, 0.3) is 0 Å². The molecule has 0 radical (unpaired) electrons. The van der Waals surface area contributed by atoms with E-state index in [-0.39, 0.29) is 0 Å². The van der Waals surface area contributed by atoms with Crippen molar-refractivity contribution in [1.82, 2.24) is 10.2 Å². The Morgan fingerprint density at radius 2 is 1.88 bits per heavy atom. The second kappa shape index (κ2) is 6.19. The Morgan fingerprint density at radius 3 is 2.41 bits per heavy atom. The van der Waals surface area contributed by atoms with Crippen LogP contribution in [0.4, 0.5) is 0 Å². The minimum Gasteiger partial charge on any atom is -0.317 e. The Balaban J connectivity index is 1.89. The van der Waals surface area contributed by atoms with Crippen LogP contribution in [0.1, 0.15) is 58.8 Å². The van der Waals surface area contributed by atoms with E-state index in [1.165, 1.54) is 71.1 Å². The lowest BCUT2D eigenvalue weighted by Gasteiger charge is -2.41. The Hall–Kier alpha value is -0.0800. The third kappa shape index (κ3) is 3.69. The topological polar surface area (TPSA) is 15.3 Å². The number of hydrogen-bond donors (Lipinski definition) is 1. The molecule has 1 N–H and O–H groups in total. The number of nitrogens with one attached hydrogen (secondary N) is 1. The number of rotatable bonds is 7. The van der Waals surface area contributed by atoms with Crippen molar-refractivity contribution in [3.8, 4) is 0 Å². The molecule has 2 rings (SSSR count). The maximum Gasteiger partial charge on any atom is 0.00966 e. The van der Waals surface area contributed by atoms with Crippen molar-refractivity contribution < 1.29 is 0 Å². The zero-order valence-electron chi connectivity index (χ0n) is 11.8. The standard InChI is InChI=1S/C15H30N2/c1-3-5-12-17(14-6-7-14)13-15(4-2)8-10-16-11-9-15/h14,16H,3-13H2,1-2H3. The van der Waals surface area contributed by atoms with Crippen LogP contribution in [0.25, 0.3) is 0 Å². The number of hydrogen-bond acceptors (Lipinski definition) is 2. The predicted molar refractivity (Wildman–Crippen MR) is 74.3 cm³/mol. The van der Waals surface area contributed by atoms with Crippen LogP contribution >= 0.6 is 0 Å². The molecule has 0 bridgehead atoms. The second-order valence-electron chi connectivity index (χ2n) is 6.16. The summed E-state index contributed by atoms with van der Waals surface area (Å²) in [6.45, 7) is 9.90. The second-order valence-corrected chi connectivity index (χ2v) is 6.16. The van der Waals surface area contributed by atoms with E-state index in [0.29, 0.717) is 5.41 Å². The molecule has 1 heterocycles. The van der Waals surface area contributed by atoms with Gasteiger partial charge in [0, 0.05) is 12.6 Å². The van der Waals surface area contributed by atoms with Crippen molar-refractivity contribution in [2.45, 2.75) is 64.8 Å². The molecule has 0 spiro atoms. The lowest BCUT2D eigenvalue weighted by Crippen LogP contribution is -2.45. The van der Waals surface area contributed by atoms with Crippen molar-refractivity contribution in [2.24, 2.45) is 5.41 Å². The molecule has 100 valence electrons. The van der Waals surface area contributed by atoms with Gasteiger partial charge in [0.1, 0.15) is 0 Å². The molecule has 0 aromatic carbocycles. The minimum absolute atomic E-state index is 0.627. The van der Waals surface area contributed by atoms with Gasteiger partial charge in [-0.05, 0) is 63.6 Å². The molecular weight excluding hydrogens is 208 g/mol. The first-order chi connectivity index (χ1) is 8.29. The molecule has 1 aliphatic carbocycles. The van der Waals surface area contributed by atoms with Crippen molar-refractivity contribution >= 4 is 0 Å². The van der Waals surface area contributed by atoms with Crippen molar-refractivity contribution in [3.05, 3.63) is 0 Å². The lowest BCUT2D eigenvalue weighted by molar-refractivity contribution is 0.100. The van der Waals surface area contributed by atoms with Gasteiger partial charge in [0.05, 0.1) is 0 Å². The third-order valence-corrected chi connectivity index (χ3v) is 4.81. The summed E-state index contributed by atoms with van der Waals surface area (Å²) in [5, 5.41) is 3.52. The highest BCUT2D eigenvalue weighted by molar-refractivity contribution is 4.92. The van der Waals surface area contributed by atoms with Crippen LogP contribution in [-0.2, 0) is 0 Å². The van der Waals surface area contributed by atoms with Gasteiger partial charge >= 0.3 is 0 Å². The molecule has 2 heteroatoms. The van der Waals surface area contributed by atoms with E-state index in [0.717, 1.165) is 6.04 Å². The molecule has 0 amide bonds. The summed E-state index contributed by atoms with van der Waals surface area (Å²) in [4.78, 5) is 2.82. The molecular formula is C15H30N2. The fourth-order valence-electron chi connectivity index (χ4n) is 3.20. The van der Waals surface area contributed by atoms with Crippen LogP contribution in [0.2, 0.25) is 0 Å². The molecule has 2 nitrogen and oxygen atoms in total. The summed E-state index contributed by atoms with van der Waals surface area (Å²) in [6, 6.07) is 0.944. The molecule has 2 fully saturated rings. The van der Waals surface area contributed by atoms with Gasteiger partial charge < -0.3 is 5.32 Å². The van der Waals surface area contributed by atoms with Gasteiger partial charge in [-0.2, -0.15) is 0 Å². The van der Waals surface area contributed by atoms with Crippen molar-refractivity contribution in [3.63, 3.8) is 0 Å². The number of nitrogens with zero attached hydrogens (tertiary/aromatic N) is 1. The van der Waals surface area contributed by atoms with Crippen LogP contribution in [-0.4, -0.2) is 37.1 Å². The molecule has 0 atom stereocenters. The first kappa shape index (κ1) is 13.4. The number of piperidine rings is 1. The van der Waals surface area contributed by atoms with Crippen LogP contribution in [0.15, 0.2) is 0 Å². The first-order valence-electron chi connectivity index (χ1n) is 7.74. The maximum atomic E-state index is 3.52. The summed E-state index contributed by atoms with van der Waals surface area (Å²) in [6.07, 6.45) is 9.78. The van der Waals surface area contributed by atoms with Crippen LogP contribution in [0, 0.1) is 5.41 Å². The smallest absolute Gasteiger partial charge is 0.00966 e. The highest BCUT2D eigenvalue weighted by Gasteiger charge is 2.36. The highest BCUT2D eigenvalue weighted by Crippen LogP contribution is 2.37. The fraction of sp³-hybridized carbons (Fsp3) is 1.00. The summed E-state index contributed by atoms with van der Waals surface area (Å²) >= 11 is 0. The largest absolute Gasteiger partial charge is 0.317 e. The van der Waals surface area contributed by atoms with Crippen LogP contribution < -0.4 is 5.32 Å². The monoisotopic (exact) mass is 238 g/mol. The molecule has 1 aliphatic heterocycles. The molecule has 2 aliphatic rings. The van der Waals surface area contributed by atoms with E-state index >= 15 is 0 Å². The molecule has 17 heavy (non-hydrogen) atoms. The van der Waals surface area contributed by atoms with E-state index in [1.54, 1.807) is 0 Å². The van der Waals surface area contributed by atoms with E-state index in [9.17, 15) is 0 Å². The van der Waals surface area contributed by atoms with E-state index in [1.807, 2.05) is 0 Å². The third-order valence-electron chi connectivity index (χ3n) is 4.81. The van der Waals surface area contributed by atoms with E-state index in [2.05, 4.69) is 24.1 Å². The zero-order valence-corrected chi connectivity index (χ0v) is 11.8. The summed E-state index contributed by atoms with van der Waals surface area (Å²) in [5.74, 6) is 0. The van der Waals surface area contributed by atoms with Crippen LogP contribution in [0.3, 0.4) is 0 Å². The van der Waals surface area contributed by atoms with Gasteiger partial charge in [-0.25, -0.2) is 0 Å². The summed E-state index contributed by atoms with van der Waals surface area (Å²) < 4.78 is 0. The molecule has 1 saturated carbocycles. The Kier molecular flexibility index (Phi) is 4.87. The Bertz CT molecular complexity index is 217. The SMILES string of the molecule is CCCCN(CC1(CC)CCNCC1)C1CC1. The van der Waals surface area contributed by atoms with Gasteiger partial charge in [-0.3, -0.25) is 4.90 Å². The molecule has 0 aromatic rings. The molecule has 0 unspecified atom stereocenters. The average molecular weight is 238 g/mol. The van der Waals surface area contributed by atoms with E-state index in [4.69, 9.17) is 0 Å². The van der Waals surface area contributed by atoms with Gasteiger partial charge in [-0.15, -0.1) is 0 Å². The zero-order chi connectivity index (χ0) is 12.1. The summed E-state index contributed by atoms with van der Waals surface area (Å²) in [5.41, 5.74) is 0.627. The van der Waals surface area contributed by atoms with Crippen molar-refractivity contribution in [2.75, 3.05) is 26.2 Å². The van der Waals surface area contributed by atoms with Gasteiger partial charge in [0.2, 0.25) is 0 Å². The van der Waals surface area contributed by atoms with Gasteiger partial charge in [0.15, 0.2) is 0 Å². The van der Waals surface area contributed by atoms with Crippen LogP contribution in [0.5, 0.6) is 0 Å². The quantitative estimate of drug-likeness (QED) is 0.733. The van der Waals surface area contributed by atoms with E-state index < -0.39 is 0 Å². The molecule has 1 saturated heterocycles. The Morgan fingerprint density at radius 1 is 1.18 bits per heavy atom. The Labute approximate surface area is 107 Å². The highest BCUT2D eigenvalue weighted by atomic mass is 15.2. The maximum absolute atomic E-state index is 3.52. The normalized spacial score (nSPS) is 24.2. The predicted octanol–water partition coefficient (Wildman–Crippen LogP) is 3.03. The fourth-order valence-corrected chi connectivity index (χ4v) is 3.20. The van der Waals surface area contributed by atoms with Crippen molar-refractivity contribution in [1.29, 1.82) is 0 Å².